The second-order valence-electron chi connectivity index (χ2n) is 6.97. The molecule has 0 aliphatic carbocycles. The maximum absolute atomic E-state index is 14.7. The minimum absolute atomic E-state index is 0.142. The third-order valence-corrected chi connectivity index (χ3v) is 6.04. The molecule has 0 fully saturated rings. The van der Waals surface area contributed by atoms with E-state index in [1.165, 1.54) is 17.7 Å². The fourth-order valence-electron chi connectivity index (χ4n) is 3.14. The van der Waals surface area contributed by atoms with Crippen LogP contribution in [0.1, 0.15) is 10.4 Å². The first-order valence-electron chi connectivity index (χ1n) is 10.0. The number of nitrogens with zero attached hydrogens (tertiary/aromatic N) is 3. The van der Waals surface area contributed by atoms with Crippen LogP contribution in [0.25, 0.3) is 17.1 Å². The van der Waals surface area contributed by atoms with Crippen LogP contribution in [0.15, 0.2) is 78.0 Å². The number of thioether (sulfide) groups is 1. The van der Waals surface area contributed by atoms with Crippen LogP contribution in [0.3, 0.4) is 0 Å². The lowest BCUT2D eigenvalue weighted by Crippen LogP contribution is -2.31. The molecule has 1 N–H and O–H groups in total. The Balaban J connectivity index is 1.56. The minimum atomic E-state index is -0.541. The summed E-state index contributed by atoms with van der Waals surface area (Å²) in [6.45, 7) is 0. The third-order valence-electron chi connectivity index (χ3n) is 4.78. The van der Waals surface area contributed by atoms with E-state index in [-0.39, 0.29) is 16.6 Å². The number of imide groups is 1. The van der Waals surface area contributed by atoms with Gasteiger partial charge in [-0.1, -0.05) is 47.6 Å². The smallest absolute Gasteiger partial charge is 0.257 e. The fourth-order valence-corrected chi connectivity index (χ4v) is 4.10. The van der Waals surface area contributed by atoms with Crippen LogP contribution < -0.4 is 10.1 Å². The number of carbonyl (C=O) groups excluding carboxylic acids is 2. The molecule has 1 heterocycles. The van der Waals surface area contributed by atoms with Crippen molar-refractivity contribution in [3.05, 3.63) is 89.2 Å². The number of aromatic nitrogens is 3. The van der Waals surface area contributed by atoms with Gasteiger partial charge in [0.15, 0.2) is 11.0 Å². The molecular weight excluding hydrogens is 479 g/mol. The van der Waals surface area contributed by atoms with Gasteiger partial charge < -0.3 is 4.74 Å². The first-order valence-corrected chi connectivity index (χ1v) is 11.4. The number of hydrogen-bond donors (Lipinski definition) is 1. The van der Waals surface area contributed by atoms with Crippen molar-refractivity contribution >= 4 is 35.2 Å². The molecule has 10 heteroatoms. The molecule has 2 amide bonds. The molecule has 0 spiro atoms. The number of nitrogens with one attached hydrogen (secondary N) is 1. The van der Waals surface area contributed by atoms with Gasteiger partial charge in [0.2, 0.25) is 5.91 Å². The molecule has 172 valence electrons. The third kappa shape index (κ3) is 5.11. The fraction of sp³-hybridized carbons (Fsp3) is 0.0833. The Kier molecular flexibility index (Phi) is 7.24. The molecule has 0 atom stereocenters. The van der Waals surface area contributed by atoms with Crippen LogP contribution >= 0.6 is 23.4 Å². The number of benzene rings is 3. The molecule has 3 aromatic carbocycles. The van der Waals surface area contributed by atoms with Gasteiger partial charge in [-0.3, -0.25) is 19.5 Å². The van der Waals surface area contributed by atoms with Crippen LogP contribution in [0.5, 0.6) is 5.75 Å². The molecule has 1 aromatic heterocycles. The molecule has 0 radical (unpaired) electrons. The highest BCUT2D eigenvalue weighted by Crippen LogP contribution is 2.32. The zero-order chi connectivity index (χ0) is 24.1. The second-order valence-corrected chi connectivity index (χ2v) is 8.32. The largest absolute Gasteiger partial charge is 0.497 e. The van der Waals surface area contributed by atoms with Crippen LogP contribution in [0.4, 0.5) is 4.39 Å². The lowest BCUT2D eigenvalue weighted by atomic mass is 10.2. The molecule has 0 unspecified atom stereocenters. The Morgan fingerprint density at radius 1 is 1.03 bits per heavy atom. The van der Waals surface area contributed by atoms with Gasteiger partial charge >= 0.3 is 0 Å². The van der Waals surface area contributed by atoms with Crippen molar-refractivity contribution < 1.29 is 18.7 Å². The maximum Gasteiger partial charge on any atom is 0.257 e. The summed E-state index contributed by atoms with van der Waals surface area (Å²) in [6, 6.07) is 19.5. The first kappa shape index (κ1) is 23.5. The maximum atomic E-state index is 14.7. The molecule has 7 nitrogen and oxygen atoms in total. The van der Waals surface area contributed by atoms with E-state index in [0.717, 1.165) is 11.8 Å². The van der Waals surface area contributed by atoms with E-state index in [0.29, 0.717) is 27.7 Å². The van der Waals surface area contributed by atoms with Gasteiger partial charge in [0, 0.05) is 11.1 Å². The topological polar surface area (TPSA) is 86.1 Å². The first-order chi connectivity index (χ1) is 16.5. The molecule has 0 bridgehead atoms. The lowest BCUT2D eigenvalue weighted by molar-refractivity contribution is -0.117. The van der Waals surface area contributed by atoms with Gasteiger partial charge in [0.05, 0.1) is 23.6 Å². The van der Waals surface area contributed by atoms with Crippen molar-refractivity contribution in [1.29, 1.82) is 0 Å². The molecule has 0 saturated heterocycles. The van der Waals surface area contributed by atoms with E-state index < -0.39 is 17.6 Å². The van der Waals surface area contributed by atoms with Crippen molar-refractivity contribution in [3.63, 3.8) is 0 Å². The zero-order valence-corrected chi connectivity index (χ0v) is 19.4. The average Bonchev–Trinajstić information content (AvgIpc) is 3.26. The Hall–Kier alpha value is -3.69. The number of amides is 2. The molecule has 0 aliphatic heterocycles. The summed E-state index contributed by atoms with van der Waals surface area (Å²) in [5, 5.41) is 11.4. The van der Waals surface area contributed by atoms with Gasteiger partial charge in [-0.15, -0.1) is 10.2 Å². The molecule has 4 aromatic rings. The van der Waals surface area contributed by atoms with Crippen molar-refractivity contribution in [2.24, 2.45) is 0 Å². The van der Waals surface area contributed by atoms with Crippen LogP contribution in [-0.2, 0) is 4.79 Å². The minimum Gasteiger partial charge on any atom is -0.497 e. The highest BCUT2D eigenvalue weighted by Gasteiger charge is 2.21. The number of para-hydroxylation sites is 1. The van der Waals surface area contributed by atoms with Gasteiger partial charge in [-0.25, -0.2) is 4.39 Å². The highest BCUT2D eigenvalue weighted by molar-refractivity contribution is 7.99. The molecule has 4 rings (SSSR count). The SMILES string of the molecule is COc1ccc(C(=O)NC(=O)CSc2nnc(-c3ccccc3Cl)n2-c2ccccc2F)cc1. The summed E-state index contributed by atoms with van der Waals surface area (Å²) in [7, 11) is 1.52. The van der Waals surface area contributed by atoms with E-state index in [1.807, 2.05) is 0 Å². The summed E-state index contributed by atoms with van der Waals surface area (Å²) in [5.74, 6) is -0.782. The Bertz CT molecular complexity index is 1340. The molecule has 0 saturated carbocycles. The Morgan fingerprint density at radius 2 is 1.74 bits per heavy atom. The number of ether oxygens (including phenoxy) is 1. The lowest BCUT2D eigenvalue weighted by Gasteiger charge is -2.12. The summed E-state index contributed by atoms with van der Waals surface area (Å²) in [5.41, 5.74) is 1.08. The van der Waals surface area contributed by atoms with Crippen LogP contribution in [0, 0.1) is 5.82 Å². The van der Waals surface area contributed by atoms with E-state index in [1.54, 1.807) is 66.7 Å². The monoisotopic (exact) mass is 496 g/mol. The number of rotatable bonds is 7. The van der Waals surface area contributed by atoms with Crippen LogP contribution in [-0.4, -0.2) is 39.4 Å². The summed E-state index contributed by atoms with van der Waals surface area (Å²) in [6.07, 6.45) is 0. The highest BCUT2D eigenvalue weighted by atomic mass is 35.5. The zero-order valence-electron chi connectivity index (χ0n) is 17.9. The van der Waals surface area contributed by atoms with Crippen molar-refractivity contribution in [2.75, 3.05) is 12.9 Å². The Labute approximate surface area is 203 Å². The molecule has 0 aliphatic rings. The van der Waals surface area contributed by atoms with Gasteiger partial charge in [0.25, 0.3) is 5.91 Å². The van der Waals surface area contributed by atoms with Crippen molar-refractivity contribution in [2.45, 2.75) is 5.16 Å². The normalized spacial score (nSPS) is 10.7. The standard InChI is InChI=1S/C24H18ClFN4O3S/c1-33-16-12-10-15(11-13-16)23(32)27-21(31)14-34-24-29-28-22(17-6-2-3-7-18(17)25)30(24)20-9-5-4-8-19(20)26/h2-13H,14H2,1H3,(H,27,31,32). The second kappa shape index (κ2) is 10.5. The van der Waals surface area contributed by atoms with Gasteiger partial charge in [0.1, 0.15) is 11.6 Å². The van der Waals surface area contributed by atoms with E-state index in [9.17, 15) is 14.0 Å². The van der Waals surface area contributed by atoms with E-state index in [2.05, 4.69) is 15.5 Å². The number of carbonyl (C=O) groups is 2. The van der Waals surface area contributed by atoms with Gasteiger partial charge in [-0.05, 0) is 48.5 Å². The van der Waals surface area contributed by atoms with E-state index >= 15 is 0 Å². The quantitative estimate of drug-likeness (QED) is 0.370. The predicted octanol–water partition coefficient (Wildman–Crippen LogP) is 4.78. The van der Waals surface area contributed by atoms with Crippen LogP contribution in [0.2, 0.25) is 5.02 Å². The molecular formula is C24H18ClFN4O3S. The van der Waals surface area contributed by atoms with Gasteiger partial charge in [-0.2, -0.15) is 0 Å². The Morgan fingerprint density at radius 3 is 2.44 bits per heavy atom. The molecule has 34 heavy (non-hydrogen) atoms. The number of hydrogen-bond acceptors (Lipinski definition) is 6. The van der Waals surface area contributed by atoms with Crippen molar-refractivity contribution in [3.8, 4) is 22.8 Å². The number of halogens is 2. The predicted molar refractivity (Wildman–Crippen MR) is 128 cm³/mol. The summed E-state index contributed by atoms with van der Waals surface area (Å²) >= 11 is 7.36. The summed E-state index contributed by atoms with van der Waals surface area (Å²) in [4.78, 5) is 24.8. The summed E-state index contributed by atoms with van der Waals surface area (Å²) < 4.78 is 21.3. The average molecular weight is 497 g/mol. The number of methoxy groups -OCH3 is 1. The van der Waals surface area contributed by atoms with Crippen molar-refractivity contribution in [1.82, 2.24) is 20.1 Å². The van der Waals surface area contributed by atoms with E-state index in [4.69, 9.17) is 16.3 Å².